The molecule has 8 heavy (non-hydrogen) atoms. The van der Waals surface area contributed by atoms with Crippen LogP contribution in [-0.2, 0) is 4.74 Å². The van der Waals surface area contributed by atoms with E-state index in [-0.39, 0.29) is 0 Å². The van der Waals surface area contributed by atoms with Crippen molar-refractivity contribution >= 4 is 0 Å². The van der Waals surface area contributed by atoms with Crippen molar-refractivity contribution < 1.29 is 4.74 Å². The maximum atomic E-state index is 5.30. The molecule has 2 heteroatoms. The normalized spacial score (nSPS) is 29.6. The highest BCUT2D eigenvalue weighted by Crippen LogP contribution is 2.05. The summed E-state index contributed by atoms with van der Waals surface area (Å²) in [5.41, 5.74) is 0. The lowest BCUT2D eigenvalue weighted by Gasteiger charge is -2.12. The van der Waals surface area contributed by atoms with Gasteiger partial charge >= 0.3 is 0 Å². The van der Waals surface area contributed by atoms with Gasteiger partial charge in [0.15, 0.2) is 0 Å². The van der Waals surface area contributed by atoms with Gasteiger partial charge in [0, 0.05) is 6.54 Å². The van der Waals surface area contributed by atoms with E-state index in [2.05, 4.69) is 19.2 Å². The van der Waals surface area contributed by atoms with E-state index in [9.17, 15) is 0 Å². The molecular formula is C6H13NO. The zero-order valence-corrected chi connectivity index (χ0v) is 5.48. The van der Waals surface area contributed by atoms with Crippen LogP contribution in [0.25, 0.3) is 0 Å². The van der Waals surface area contributed by atoms with E-state index in [1.54, 1.807) is 0 Å². The van der Waals surface area contributed by atoms with E-state index in [1.165, 1.54) is 0 Å². The molecule has 0 aromatic rings. The molecule has 1 rings (SSSR count). The van der Waals surface area contributed by atoms with E-state index >= 15 is 0 Å². The van der Waals surface area contributed by atoms with Crippen molar-refractivity contribution in [1.29, 1.82) is 0 Å². The highest BCUT2D eigenvalue weighted by Gasteiger charge is 2.16. The molecule has 1 fully saturated rings. The molecule has 0 unspecified atom stereocenters. The Labute approximate surface area is 50.2 Å². The summed E-state index contributed by atoms with van der Waals surface area (Å²) in [5.74, 6) is 0.609. The van der Waals surface area contributed by atoms with Crippen molar-refractivity contribution in [1.82, 2.24) is 5.32 Å². The number of hydrogen-bond acceptors (Lipinski definition) is 2. The largest absolute Gasteiger partial charge is 0.362 e. The van der Waals surface area contributed by atoms with Gasteiger partial charge in [0.2, 0.25) is 0 Å². The second-order valence-corrected chi connectivity index (χ2v) is 2.49. The van der Waals surface area contributed by atoms with E-state index in [1.807, 2.05) is 0 Å². The Morgan fingerprint density at radius 1 is 1.62 bits per heavy atom. The Kier molecular flexibility index (Phi) is 1.86. The van der Waals surface area contributed by atoms with Crippen molar-refractivity contribution in [2.75, 3.05) is 13.2 Å². The maximum absolute atomic E-state index is 5.30. The third-order valence-corrected chi connectivity index (χ3v) is 1.35. The Bertz CT molecular complexity index is 66.9. The van der Waals surface area contributed by atoms with Crippen LogP contribution in [0.4, 0.5) is 0 Å². The Hall–Kier alpha value is -0.0800. The summed E-state index contributed by atoms with van der Waals surface area (Å²) >= 11 is 0. The second-order valence-electron chi connectivity index (χ2n) is 2.49. The Morgan fingerprint density at radius 3 is 2.62 bits per heavy atom. The van der Waals surface area contributed by atoms with Crippen LogP contribution in [0.3, 0.4) is 0 Å². The molecule has 0 amide bonds. The molecule has 0 aliphatic carbocycles. The quantitative estimate of drug-likeness (QED) is 0.540. The van der Waals surface area contributed by atoms with Gasteiger partial charge in [-0.1, -0.05) is 13.8 Å². The smallest absolute Gasteiger partial charge is 0.110 e. The zero-order valence-electron chi connectivity index (χ0n) is 5.48. The molecule has 1 saturated heterocycles. The fraction of sp³-hybridized carbons (Fsp3) is 1.00. The summed E-state index contributed by atoms with van der Waals surface area (Å²) in [7, 11) is 0. The molecule has 0 spiro atoms. The first-order valence-corrected chi connectivity index (χ1v) is 3.15. The molecule has 0 aromatic carbocycles. The first-order chi connectivity index (χ1) is 3.80. The van der Waals surface area contributed by atoms with Gasteiger partial charge in [-0.25, -0.2) is 0 Å². The molecule has 0 aromatic heterocycles. The van der Waals surface area contributed by atoms with Crippen LogP contribution >= 0.6 is 0 Å². The van der Waals surface area contributed by atoms with Crippen LogP contribution in [0, 0.1) is 5.92 Å². The van der Waals surface area contributed by atoms with Crippen molar-refractivity contribution in [3.8, 4) is 0 Å². The summed E-state index contributed by atoms with van der Waals surface area (Å²) in [4.78, 5) is 0. The number of nitrogens with one attached hydrogen (secondary N) is 1. The van der Waals surface area contributed by atoms with E-state index in [0.717, 1.165) is 13.2 Å². The molecule has 0 radical (unpaired) electrons. The number of hydrogen-bond donors (Lipinski definition) is 1. The molecule has 48 valence electrons. The summed E-state index contributed by atoms with van der Waals surface area (Å²) in [6.07, 6.45) is 0.315. The van der Waals surface area contributed by atoms with Crippen molar-refractivity contribution in [3.63, 3.8) is 0 Å². The lowest BCUT2D eigenvalue weighted by atomic mass is 10.2. The fourth-order valence-corrected chi connectivity index (χ4v) is 0.874. The molecule has 1 aliphatic rings. The van der Waals surface area contributed by atoms with E-state index in [0.29, 0.717) is 12.1 Å². The second kappa shape index (κ2) is 2.46. The molecule has 1 atom stereocenters. The fourth-order valence-electron chi connectivity index (χ4n) is 0.874. The van der Waals surface area contributed by atoms with Gasteiger partial charge in [-0.2, -0.15) is 0 Å². The summed E-state index contributed by atoms with van der Waals surface area (Å²) < 4.78 is 5.30. The molecule has 1 N–H and O–H groups in total. The third kappa shape index (κ3) is 1.20. The highest BCUT2D eigenvalue weighted by atomic mass is 16.5. The molecular weight excluding hydrogens is 102 g/mol. The van der Waals surface area contributed by atoms with Crippen LogP contribution in [0.2, 0.25) is 0 Å². The summed E-state index contributed by atoms with van der Waals surface area (Å²) in [5, 5.41) is 3.23. The zero-order chi connectivity index (χ0) is 5.98. The van der Waals surface area contributed by atoms with Crippen molar-refractivity contribution in [3.05, 3.63) is 0 Å². The van der Waals surface area contributed by atoms with Gasteiger partial charge in [-0.05, 0) is 5.92 Å². The van der Waals surface area contributed by atoms with Gasteiger partial charge < -0.3 is 4.74 Å². The Morgan fingerprint density at radius 2 is 2.38 bits per heavy atom. The van der Waals surface area contributed by atoms with Gasteiger partial charge in [0.05, 0.1) is 6.61 Å². The van der Waals surface area contributed by atoms with E-state index < -0.39 is 0 Å². The molecule has 2 nitrogen and oxygen atoms in total. The predicted molar refractivity (Wildman–Crippen MR) is 32.6 cm³/mol. The lowest BCUT2D eigenvalue weighted by Crippen LogP contribution is -2.27. The Balaban J connectivity index is 2.24. The minimum atomic E-state index is 0.315. The maximum Gasteiger partial charge on any atom is 0.110 e. The van der Waals surface area contributed by atoms with Crippen LogP contribution in [0.5, 0.6) is 0 Å². The summed E-state index contributed by atoms with van der Waals surface area (Å²) in [6.45, 7) is 6.21. The predicted octanol–water partition coefficient (Wildman–Crippen LogP) is 0.588. The highest BCUT2D eigenvalue weighted by molar-refractivity contribution is 4.65. The van der Waals surface area contributed by atoms with Gasteiger partial charge in [-0.15, -0.1) is 0 Å². The van der Waals surface area contributed by atoms with Gasteiger partial charge in [0.1, 0.15) is 6.23 Å². The standard InChI is InChI=1S/C6H13NO/c1-5(2)6-7-3-4-8-6/h5-7H,3-4H2,1-2H3/t6-/m0/s1. The topological polar surface area (TPSA) is 21.3 Å². The molecule has 0 saturated carbocycles. The average Bonchev–Trinajstić information content (AvgIpc) is 2.12. The average molecular weight is 115 g/mol. The first kappa shape index (κ1) is 6.05. The van der Waals surface area contributed by atoms with Crippen LogP contribution < -0.4 is 5.32 Å². The lowest BCUT2D eigenvalue weighted by molar-refractivity contribution is 0.0650. The molecule has 0 bridgehead atoms. The summed E-state index contributed by atoms with van der Waals surface area (Å²) in [6, 6.07) is 0. The molecule has 1 aliphatic heterocycles. The monoisotopic (exact) mass is 115 g/mol. The van der Waals surface area contributed by atoms with Gasteiger partial charge in [0.25, 0.3) is 0 Å². The SMILES string of the molecule is CC(C)[C@H]1NCCO1. The van der Waals surface area contributed by atoms with E-state index in [4.69, 9.17) is 4.74 Å². The minimum absolute atomic E-state index is 0.315. The first-order valence-electron chi connectivity index (χ1n) is 3.15. The number of rotatable bonds is 1. The van der Waals surface area contributed by atoms with Gasteiger partial charge in [-0.3, -0.25) is 5.32 Å². The van der Waals surface area contributed by atoms with Crippen LogP contribution in [0.15, 0.2) is 0 Å². The van der Waals surface area contributed by atoms with Crippen LogP contribution in [0.1, 0.15) is 13.8 Å². The minimum Gasteiger partial charge on any atom is -0.362 e. The third-order valence-electron chi connectivity index (χ3n) is 1.35. The van der Waals surface area contributed by atoms with Crippen molar-refractivity contribution in [2.24, 2.45) is 5.92 Å². The molecule has 1 heterocycles. The van der Waals surface area contributed by atoms with Crippen LogP contribution in [-0.4, -0.2) is 19.4 Å². The number of ether oxygens (including phenoxy) is 1. The van der Waals surface area contributed by atoms with Crippen molar-refractivity contribution in [2.45, 2.75) is 20.1 Å².